The van der Waals surface area contributed by atoms with Crippen molar-refractivity contribution in [1.82, 2.24) is 9.71 Å². The van der Waals surface area contributed by atoms with Crippen molar-refractivity contribution in [3.8, 4) is 11.4 Å². The molecule has 1 N–H and O–H groups in total. The van der Waals surface area contributed by atoms with Gasteiger partial charge in [-0.1, -0.05) is 35.3 Å². The molecule has 20 heavy (non-hydrogen) atoms. The van der Waals surface area contributed by atoms with E-state index in [0.717, 1.165) is 0 Å². The van der Waals surface area contributed by atoms with Gasteiger partial charge >= 0.3 is 0 Å². The third-order valence-electron chi connectivity index (χ3n) is 2.92. The summed E-state index contributed by atoms with van der Waals surface area (Å²) in [6.07, 6.45) is 0. The average molecular weight is 307 g/mol. The molecule has 0 fully saturated rings. The number of nitrogens with zero attached hydrogens (tertiary/aromatic N) is 2. The Morgan fingerprint density at radius 2 is 1.85 bits per heavy atom. The van der Waals surface area contributed by atoms with Crippen LogP contribution in [0, 0.1) is 0 Å². The molecule has 2 aromatic carbocycles. The second-order valence-electron chi connectivity index (χ2n) is 4.19. The van der Waals surface area contributed by atoms with Crippen molar-refractivity contribution in [2.24, 2.45) is 0 Å². The summed E-state index contributed by atoms with van der Waals surface area (Å²) in [6, 6.07) is 11.5. The first-order valence-corrected chi connectivity index (χ1v) is 6.50. The zero-order chi connectivity index (χ0) is 14.3. The topological polar surface area (TPSA) is 55.1 Å². The number of aromatic nitrogens is 2. The Kier molecular flexibility index (Phi) is 3.12. The number of halogens is 2. The van der Waals surface area contributed by atoms with Crippen LogP contribution >= 0.6 is 23.2 Å². The fourth-order valence-electron chi connectivity index (χ4n) is 1.97. The first kappa shape index (κ1) is 13.0. The van der Waals surface area contributed by atoms with Crippen molar-refractivity contribution in [3.63, 3.8) is 0 Å². The number of fused-ring (bicyclic) bond motifs is 1. The van der Waals surface area contributed by atoms with Crippen molar-refractivity contribution in [2.75, 3.05) is 0 Å². The minimum absolute atomic E-state index is 0.0790. The molecule has 0 aliphatic carbocycles. The van der Waals surface area contributed by atoms with E-state index in [2.05, 4.69) is 4.98 Å². The van der Waals surface area contributed by atoms with Crippen LogP contribution in [0.15, 0.2) is 47.3 Å². The van der Waals surface area contributed by atoms with Gasteiger partial charge in [-0.15, -0.1) is 4.73 Å². The number of benzene rings is 2. The van der Waals surface area contributed by atoms with Crippen molar-refractivity contribution >= 4 is 34.1 Å². The number of hydrogen-bond donors (Lipinski definition) is 1. The van der Waals surface area contributed by atoms with Gasteiger partial charge in [0.2, 0.25) is 0 Å². The molecular formula is C14H8Cl2N2O2. The molecule has 6 heteroatoms. The zero-order valence-electron chi connectivity index (χ0n) is 10.0. The van der Waals surface area contributed by atoms with Gasteiger partial charge in [-0.25, -0.2) is 4.98 Å². The first-order chi connectivity index (χ1) is 9.58. The molecule has 0 spiro atoms. The van der Waals surface area contributed by atoms with E-state index in [9.17, 15) is 10.0 Å². The molecule has 0 atom stereocenters. The molecule has 0 aliphatic heterocycles. The maximum absolute atomic E-state index is 12.1. The van der Waals surface area contributed by atoms with E-state index in [4.69, 9.17) is 23.2 Å². The Balaban J connectivity index is 2.40. The first-order valence-electron chi connectivity index (χ1n) is 5.74. The second-order valence-corrected chi connectivity index (χ2v) is 5.04. The van der Waals surface area contributed by atoms with Gasteiger partial charge in [0.15, 0.2) is 5.82 Å². The molecule has 0 aliphatic rings. The molecule has 0 unspecified atom stereocenters. The second kappa shape index (κ2) is 4.81. The van der Waals surface area contributed by atoms with E-state index in [1.807, 2.05) is 0 Å². The van der Waals surface area contributed by atoms with Crippen molar-refractivity contribution in [3.05, 3.63) is 62.9 Å². The van der Waals surface area contributed by atoms with Gasteiger partial charge in [-0.05, 0) is 30.3 Å². The molecule has 4 nitrogen and oxygen atoms in total. The molecular weight excluding hydrogens is 299 g/mol. The smallest absolute Gasteiger partial charge is 0.294 e. The molecule has 0 bridgehead atoms. The van der Waals surface area contributed by atoms with Gasteiger partial charge in [0, 0.05) is 10.6 Å². The quantitative estimate of drug-likeness (QED) is 0.699. The van der Waals surface area contributed by atoms with Gasteiger partial charge in [-0.3, -0.25) is 4.79 Å². The summed E-state index contributed by atoms with van der Waals surface area (Å²) in [5.41, 5.74) is 0.306. The van der Waals surface area contributed by atoms with E-state index < -0.39 is 5.56 Å². The molecule has 0 amide bonds. The highest BCUT2D eigenvalue weighted by Gasteiger charge is 2.14. The van der Waals surface area contributed by atoms with E-state index in [1.54, 1.807) is 36.4 Å². The minimum Gasteiger partial charge on any atom is -0.423 e. The predicted molar refractivity (Wildman–Crippen MR) is 78.6 cm³/mol. The van der Waals surface area contributed by atoms with Gasteiger partial charge in [0.05, 0.1) is 15.9 Å². The lowest BCUT2D eigenvalue weighted by Crippen LogP contribution is -2.21. The molecule has 0 saturated carbocycles. The van der Waals surface area contributed by atoms with Crippen molar-refractivity contribution in [2.45, 2.75) is 0 Å². The average Bonchev–Trinajstić information content (AvgIpc) is 2.43. The Morgan fingerprint density at radius 1 is 1.10 bits per heavy atom. The molecule has 100 valence electrons. The predicted octanol–water partition coefficient (Wildman–Crippen LogP) is 3.61. The highest BCUT2D eigenvalue weighted by atomic mass is 35.5. The monoisotopic (exact) mass is 306 g/mol. The summed E-state index contributed by atoms with van der Waals surface area (Å²) in [7, 11) is 0. The van der Waals surface area contributed by atoms with Gasteiger partial charge in [0.25, 0.3) is 5.56 Å². The third kappa shape index (κ3) is 2.03. The largest absolute Gasteiger partial charge is 0.423 e. The lowest BCUT2D eigenvalue weighted by atomic mass is 10.2. The van der Waals surface area contributed by atoms with Crippen LogP contribution in [0.3, 0.4) is 0 Å². The van der Waals surface area contributed by atoms with E-state index in [1.165, 1.54) is 6.07 Å². The Bertz CT molecular complexity index is 875. The van der Waals surface area contributed by atoms with Crippen LogP contribution in [-0.2, 0) is 0 Å². The minimum atomic E-state index is -0.568. The summed E-state index contributed by atoms with van der Waals surface area (Å²) < 4.78 is 0.497. The van der Waals surface area contributed by atoms with Crippen LogP contribution in [0.1, 0.15) is 0 Å². The Hall–Kier alpha value is -2.04. The molecule has 1 heterocycles. The fourth-order valence-corrected chi connectivity index (χ4v) is 2.35. The highest BCUT2D eigenvalue weighted by molar-refractivity contribution is 6.33. The van der Waals surface area contributed by atoms with Crippen molar-refractivity contribution in [1.29, 1.82) is 0 Å². The Labute approximate surface area is 123 Å². The van der Waals surface area contributed by atoms with E-state index >= 15 is 0 Å². The van der Waals surface area contributed by atoms with Gasteiger partial charge in [0.1, 0.15) is 0 Å². The molecule has 3 rings (SSSR count). The molecule has 0 radical (unpaired) electrons. The molecule has 0 saturated heterocycles. The Morgan fingerprint density at radius 3 is 2.60 bits per heavy atom. The van der Waals surface area contributed by atoms with Gasteiger partial charge < -0.3 is 5.21 Å². The van der Waals surface area contributed by atoms with Gasteiger partial charge in [-0.2, -0.15) is 0 Å². The van der Waals surface area contributed by atoms with E-state index in [-0.39, 0.29) is 11.2 Å². The number of rotatable bonds is 1. The molecule has 3 aromatic rings. The summed E-state index contributed by atoms with van der Waals surface area (Å²) in [6.45, 7) is 0. The summed E-state index contributed by atoms with van der Waals surface area (Å²) in [5, 5.41) is 11.1. The SMILES string of the molecule is O=c1c2ccc(Cl)cc2nc(-c2ccccc2Cl)n1O. The third-order valence-corrected chi connectivity index (χ3v) is 3.49. The molecule has 1 aromatic heterocycles. The standard InChI is InChI=1S/C14H8Cl2N2O2/c15-8-5-6-10-12(7-8)17-13(18(20)14(10)19)9-3-1-2-4-11(9)16/h1-7,20H. The summed E-state index contributed by atoms with van der Waals surface area (Å²) in [5.74, 6) is 0.0790. The lowest BCUT2D eigenvalue weighted by Gasteiger charge is -2.09. The highest BCUT2D eigenvalue weighted by Crippen LogP contribution is 2.26. The zero-order valence-corrected chi connectivity index (χ0v) is 11.6. The van der Waals surface area contributed by atoms with Crippen molar-refractivity contribution < 1.29 is 5.21 Å². The van der Waals surface area contributed by atoms with Crippen LogP contribution < -0.4 is 5.56 Å². The van der Waals surface area contributed by atoms with Crippen LogP contribution in [0.2, 0.25) is 10.0 Å². The van der Waals surface area contributed by atoms with Crippen LogP contribution in [0.5, 0.6) is 0 Å². The van der Waals surface area contributed by atoms with Crippen LogP contribution in [0.4, 0.5) is 0 Å². The van der Waals surface area contributed by atoms with Crippen LogP contribution in [0.25, 0.3) is 22.3 Å². The fraction of sp³-hybridized carbons (Fsp3) is 0. The maximum Gasteiger partial charge on any atom is 0.294 e. The lowest BCUT2D eigenvalue weighted by molar-refractivity contribution is 0.178. The van der Waals surface area contributed by atoms with Crippen LogP contribution in [-0.4, -0.2) is 14.9 Å². The maximum atomic E-state index is 12.1. The number of hydrogen-bond acceptors (Lipinski definition) is 3. The summed E-state index contributed by atoms with van der Waals surface area (Å²) in [4.78, 5) is 16.4. The van der Waals surface area contributed by atoms with E-state index in [0.29, 0.717) is 25.9 Å². The summed E-state index contributed by atoms with van der Waals surface area (Å²) >= 11 is 12.0. The normalized spacial score (nSPS) is 10.9.